The van der Waals surface area contributed by atoms with Gasteiger partial charge in [0.15, 0.2) is 5.16 Å². The second-order valence-corrected chi connectivity index (χ2v) is 6.86. The van der Waals surface area contributed by atoms with Crippen LogP contribution in [0, 0.1) is 13.8 Å². The van der Waals surface area contributed by atoms with Crippen LogP contribution in [0.3, 0.4) is 0 Å². The van der Waals surface area contributed by atoms with Crippen LogP contribution < -0.4 is 11.3 Å². The van der Waals surface area contributed by atoms with Gasteiger partial charge >= 0.3 is 0 Å². The average molecular weight is 365 g/mol. The lowest BCUT2D eigenvalue weighted by Crippen LogP contribution is -2.25. The van der Waals surface area contributed by atoms with Gasteiger partial charge in [-0.2, -0.15) is 0 Å². The number of para-hydroxylation sites is 1. The lowest BCUT2D eigenvalue weighted by atomic mass is 10.0. The fourth-order valence-electron chi connectivity index (χ4n) is 2.72. The van der Waals surface area contributed by atoms with E-state index in [1.165, 1.54) is 4.57 Å². The summed E-state index contributed by atoms with van der Waals surface area (Å²) in [5.74, 6) is -0.405. The molecule has 0 radical (unpaired) electrons. The molecule has 0 bridgehead atoms. The number of aryl methyl sites for hydroxylation is 1. The molecule has 3 aromatic rings. The molecule has 0 spiro atoms. The van der Waals surface area contributed by atoms with Crippen molar-refractivity contribution in [2.24, 2.45) is 5.73 Å². The zero-order valence-corrected chi connectivity index (χ0v) is 15.4. The minimum absolute atomic E-state index is 0.0511. The second-order valence-electron chi connectivity index (χ2n) is 5.91. The molecule has 2 aromatic carbocycles. The second kappa shape index (κ2) is 7.58. The molecule has 26 heavy (non-hydrogen) atoms. The van der Waals surface area contributed by atoms with Crippen LogP contribution in [-0.2, 0) is 4.79 Å². The van der Waals surface area contributed by atoms with Crippen molar-refractivity contribution < 1.29 is 4.79 Å². The first-order valence-corrected chi connectivity index (χ1v) is 9.13. The predicted octanol–water partition coefficient (Wildman–Crippen LogP) is 3.09. The van der Waals surface area contributed by atoms with E-state index < -0.39 is 5.91 Å². The zero-order valence-electron chi connectivity index (χ0n) is 14.6. The average Bonchev–Trinajstić information content (AvgIpc) is 2.64. The molecule has 0 fully saturated rings. The summed E-state index contributed by atoms with van der Waals surface area (Å²) in [4.78, 5) is 29.1. The molecule has 132 valence electrons. The highest BCUT2D eigenvalue weighted by Gasteiger charge is 2.18. The number of nitrogens with two attached hydrogens (primary N) is 1. The minimum Gasteiger partial charge on any atom is -0.369 e. The summed E-state index contributed by atoms with van der Waals surface area (Å²) in [7, 11) is 0. The quantitative estimate of drug-likeness (QED) is 0.557. The molecular formula is C20H19N3O2S. The van der Waals surface area contributed by atoms with Crippen LogP contribution in [0.4, 0.5) is 0 Å². The normalized spacial score (nSPS) is 10.7. The Morgan fingerprint density at radius 1 is 1.08 bits per heavy atom. The molecular weight excluding hydrogens is 346 g/mol. The molecule has 0 saturated carbocycles. The lowest BCUT2D eigenvalue weighted by Gasteiger charge is -2.16. The molecule has 0 saturated heterocycles. The highest BCUT2D eigenvalue weighted by Crippen LogP contribution is 2.27. The van der Waals surface area contributed by atoms with E-state index in [4.69, 9.17) is 10.7 Å². The van der Waals surface area contributed by atoms with Crippen molar-refractivity contribution in [1.82, 2.24) is 9.55 Å². The topological polar surface area (TPSA) is 78.0 Å². The van der Waals surface area contributed by atoms with Crippen molar-refractivity contribution in [3.63, 3.8) is 0 Å². The van der Waals surface area contributed by atoms with E-state index >= 15 is 0 Å². The summed E-state index contributed by atoms with van der Waals surface area (Å²) in [5.41, 5.74) is 8.98. The van der Waals surface area contributed by atoms with Gasteiger partial charge < -0.3 is 5.73 Å². The summed E-state index contributed by atoms with van der Waals surface area (Å²) in [6, 6.07) is 17.1. The van der Waals surface area contributed by atoms with Crippen molar-refractivity contribution in [1.29, 1.82) is 0 Å². The summed E-state index contributed by atoms with van der Waals surface area (Å²) in [6.07, 6.45) is 0. The number of rotatable bonds is 5. The van der Waals surface area contributed by atoms with Crippen molar-refractivity contribution >= 4 is 17.7 Å². The van der Waals surface area contributed by atoms with Gasteiger partial charge in [0, 0.05) is 11.1 Å². The Hall–Kier alpha value is -2.86. The van der Waals surface area contributed by atoms with Crippen LogP contribution in [0.15, 0.2) is 64.5 Å². The summed E-state index contributed by atoms with van der Waals surface area (Å²) in [6.45, 7) is 3.76. The monoisotopic (exact) mass is 365 g/mol. The number of carbonyl (C=O) groups excluding carboxylic acids is 1. The fourth-order valence-corrected chi connectivity index (χ4v) is 3.47. The van der Waals surface area contributed by atoms with Gasteiger partial charge in [-0.15, -0.1) is 0 Å². The van der Waals surface area contributed by atoms with E-state index in [2.05, 4.69) is 0 Å². The number of aromatic nitrogens is 2. The molecule has 1 heterocycles. The van der Waals surface area contributed by atoms with Gasteiger partial charge in [-0.1, -0.05) is 54.2 Å². The maximum Gasteiger partial charge on any atom is 0.262 e. The van der Waals surface area contributed by atoms with Crippen LogP contribution in [-0.4, -0.2) is 21.2 Å². The van der Waals surface area contributed by atoms with Gasteiger partial charge in [0.2, 0.25) is 5.91 Å². The van der Waals surface area contributed by atoms with E-state index in [0.717, 1.165) is 22.9 Å². The van der Waals surface area contributed by atoms with Gasteiger partial charge in [-0.05, 0) is 31.5 Å². The molecule has 3 rings (SSSR count). The standard InChI is InChI=1S/C20H19N3O2S/c1-13-8-6-7-11-16(13)18-14(2)19(25)23(15-9-4-3-5-10-15)20(22-18)26-12-17(21)24/h3-11H,12H2,1-2H3,(H2,21,24). The number of hydrogen-bond donors (Lipinski definition) is 1. The van der Waals surface area contributed by atoms with E-state index in [0.29, 0.717) is 22.1 Å². The van der Waals surface area contributed by atoms with E-state index in [1.807, 2.05) is 61.5 Å². The van der Waals surface area contributed by atoms with Crippen molar-refractivity contribution in [3.05, 3.63) is 76.1 Å². The number of primary amides is 1. The van der Waals surface area contributed by atoms with E-state index in [1.54, 1.807) is 6.92 Å². The number of thioether (sulfide) groups is 1. The molecule has 0 aliphatic carbocycles. The van der Waals surface area contributed by atoms with E-state index in [-0.39, 0.29) is 11.3 Å². The number of carbonyl (C=O) groups is 1. The molecule has 5 nitrogen and oxygen atoms in total. The molecule has 0 aliphatic rings. The number of benzene rings is 2. The molecule has 1 aromatic heterocycles. The Labute approximate surface area is 155 Å². The lowest BCUT2D eigenvalue weighted by molar-refractivity contribution is -0.115. The van der Waals surface area contributed by atoms with Crippen LogP contribution >= 0.6 is 11.8 Å². The van der Waals surface area contributed by atoms with Gasteiger partial charge in [0.25, 0.3) is 5.56 Å². The van der Waals surface area contributed by atoms with Gasteiger partial charge in [0.05, 0.1) is 17.1 Å². The number of hydrogen-bond acceptors (Lipinski definition) is 4. The first-order chi connectivity index (χ1) is 12.5. The maximum absolute atomic E-state index is 13.1. The van der Waals surface area contributed by atoms with Crippen LogP contribution in [0.1, 0.15) is 11.1 Å². The molecule has 0 unspecified atom stereocenters. The van der Waals surface area contributed by atoms with Crippen molar-refractivity contribution in [2.45, 2.75) is 19.0 Å². The Balaban J connectivity index is 2.26. The highest BCUT2D eigenvalue weighted by molar-refractivity contribution is 7.99. The smallest absolute Gasteiger partial charge is 0.262 e. The van der Waals surface area contributed by atoms with Crippen molar-refractivity contribution in [3.8, 4) is 16.9 Å². The number of amides is 1. The number of nitrogens with zero attached hydrogens (tertiary/aromatic N) is 2. The molecule has 0 aliphatic heterocycles. The zero-order chi connectivity index (χ0) is 18.7. The van der Waals surface area contributed by atoms with Gasteiger partial charge in [0.1, 0.15) is 0 Å². The largest absolute Gasteiger partial charge is 0.369 e. The Bertz CT molecular complexity index is 1010. The van der Waals surface area contributed by atoms with Crippen LogP contribution in [0.5, 0.6) is 0 Å². The third-order valence-electron chi connectivity index (χ3n) is 4.04. The third kappa shape index (κ3) is 3.55. The minimum atomic E-state index is -0.457. The first-order valence-electron chi connectivity index (χ1n) is 8.15. The molecule has 2 N–H and O–H groups in total. The van der Waals surface area contributed by atoms with Gasteiger partial charge in [-0.3, -0.25) is 14.2 Å². The van der Waals surface area contributed by atoms with Crippen molar-refractivity contribution in [2.75, 3.05) is 5.75 Å². The van der Waals surface area contributed by atoms with Crippen LogP contribution in [0.25, 0.3) is 16.9 Å². The predicted molar refractivity (Wildman–Crippen MR) is 105 cm³/mol. The highest BCUT2D eigenvalue weighted by atomic mass is 32.2. The molecule has 0 atom stereocenters. The SMILES string of the molecule is Cc1ccccc1-c1nc(SCC(N)=O)n(-c2ccccc2)c(=O)c1C. The molecule has 1 amide bonds. The first kappa shape index (κ1) is 17.9. The summed E-state index contributed by atoms with van der Waals surface area (Å²) < 4.78 is 1.53. The Kier molecular flexibility index (Phi) is 5.23. The summed E-state index contributed by atoms with van der Waals surface area (Å²) in [5, 5.41) is 0.448. The fraction of sp³-hybridized carbons (Fsp3) is 0.150. The third-order valence-corrected chi connectivity index (χ3v) is 5.00. The van der Waals surface area contributed by atoms with Gasteiger partial charge in [-0.25, -0.2) is 4.98 Å². The molecule has 6 heteroatoms. The Morgan fingerprint density at radius 3 is 2.38 bits per heavy atom. The maximum atomic E-state index is 13.1. The van der Waals surface area contributed by atoms with E-state index in [9.17, 15) is 9.59 Å². The van der Waals surface area contributed by atoms with Crippen LogP contribution in [0.2, 0.25) is 0 Å². The summed E-state index contributed by atoms with van der Waals surface area (Å²) >= 11 is 1.16. The Morgan fingerprint density at radius 2 is 1.73 bits per heavy atom.